The quantitative estimate of drug-likeness (QED) is 0.670. The molecule has 1 heterocycles. The number of hydrogen-bond donors (Lipinski definition) is 1. The number of hydrogen-bond acceptors (Lipinski definition) is 1. The maximum atomic E-state index is 4.49. The van der Waals surface area contributed by atoms with Gasteiger partial charge in [-0.2, -0.15) is 0 Å². The molecule has 70 valence electrons. The van der Waals surface area contributed by atoms with Crippen molar-refractivity contribution in [3.8, 4) is 0 Å². The van der Waals surface area contributed by atoms with Gasteiger partial charge in [0, 0.05) is 11.9 Å². The molecule has 2 heteroatoms. The molecule has 0 unspecified atom stereocenters. The summed E-state index contributed by atoms with van der Waals surface area (Å²) in [6.07, 6.45) is 1.91. The minimum Gasteiger partial charge on any atom is -0.360 e. The van der Waals surface area contributed by atoms with Crippen LogP contribution in [0.4, 0.5) is 0 Å². The minimum atomic E-state index is 0.973. The van der Waals surface area contributed by atoms with E-state index < -0.39 is 0 Å². The van der Waals surface area contributed by atoms with E-state index in [1.165, 1.54) is 0 Å². The first-order chi connectivity index (χ1) is 6.86. The Balaban J connectivity index is 2.86. The molecular weight excluding hydrogens is 172 g/mol. The van der Waals surface area contributed by atoms with Crippen LogP contribution in [0, 0.1) is 6.92 Å². The van der Waals surface area contributed by atoms with Crippen LogP contribution in [-0.2, 0) is 0 Å². The fourth-order valence-corrected chi connectivity index (χ4v) is 1.31. The van der Waals surface area contributed by atoms with Crippen LogP contribution in [0.3, 0.4) is 0 Å². The van der Waals surface area contributed by atoms with E-state index in [0.717, 1.165) is 16.7 Å². The van der Waals surface area contributed by atoms with Crippen LogP contribution < -0.4 is 0 Å². The fourth-order valence-electron chi connectivity index (χ4n) is 1.31. The molecule has 2 aromatic rings. The SMILES string of the molecule is Cc1cccc[nH]c2ccccc2n1. The van der Waals surface area contributed by atoms with Crippen molar-refractivity contribution in [3.05, 3.63) is 54.4 Å². The van der Waals surface area contributed by atoms with E-state index in [1.807, 2.05) is 55.6 Å². The van der Waals surface area contributed by atoms with Crippen molar-refractivity contribution in [2.75, 3.05) is 0 Å². The molecule has 0 saturated heterocycles. The van der Waals surface area contributed by atoms with Gasteiger partial charge in [0.2, 0.25) is 0 Å². The summed E-state index contributed by atoms with van der Waals surface area (Å²) in [6.45, 7) is 1.99. The maximum absolute atomic E-state index is 4.49. The Morgan fingerprint density at radius 2 is 1.79 bits per heavy atom. The zero-order valence-electron chi connectivity index (χ0n) is 8.07. The van der Waals surface area contributed by atoms with Gasteiger partial charge in [0.05, 0.1) is 11.0 Å². The highest BCUT2D eigenvalue weighted by Gasteiger charge is 1.87. The number of para-hydroxylation sites is 2. The summed E-state index contributed by atoms with van der Waals surface area (Å²) in [5, 5.41) is 0. The highest BCUT2D eigenvalue weighted by Crippen LogP contribution is 2.05. The first kappa shape index (κ1) is 8.75. The van der Waals surface area contributed by atoms with Crippen molar-refractivity contribution in [1.29, 1.82) is 0 Å². The topological polar surface area (TPSA) is 28.7 Å². The number of H-pyrrole nitrogens is 1. The van der Waals surface area contributed by atoms with Crippen LogP contribution in [-0.4, -0.2) is 9.97 Å². The molecule has 0 bridgehead atoms. The van der Waals surface area contributed by atoms with Gasteiger partial charge in [-0.05, 0) is 31.2 Å². The van der Waals surface area contributed by atoms with E-state index in [2.05, 4.69) is 9.97 Å². The van der Waals surface area contributed by atoms with Gasteiger partial charge in [0.1, 0.15) is 0 Å². The Morgan fingerprint density at radius 1 is 1.00 bits per heavy atom. The number of benzene rings is 1. The molecule has 0 fully saturated rings. The number of aromatic nitrogens is 2. The van der Waals surface area contributed by atoms with Gasteiger partial charge in [-0.3, -0.25) is 4.98 Å². The summed E-state index contributed by atoms with van der Waals surface area (Å²) in [4.78, 5) is 7.67. The number of nitrogens with zero attached hydrogens (tertiary/aromatic N) is 1. The molecule has 2 nitrogen and oxygen atoms in total. The molecule has 14 heavy (non-hydrogen) atoms. The molecule has 0 radical (unpaired) electrons. The predicted molar refractivity (Wildman–Crippen MR) is 58.5 cm³/mol. The van der Waals surface area contributed by atoms with Crippen molar-refractivity contribution in [2.45, 2.75) is 6.92 Å². The van der Waals surface area contributed by atoms with Crippen molar-refractivity contribution in [3.63, 3.8) is 0 Å². The molecule has 0 atom stereocenters. The van der Waals surface area contributed by atoms with E-state index in [9.17, 15) is 0 Å². The van der Waals surface area contributed by atoms with Gasteiger partial charge < -0.3 is 4.98 Å². The van der Waals surface area contributed by atoms with Crippen LogP contribution in [0.5, 0.6) is 0 Å². The molecule has 0 spiro atoms. The lowest BCUT2D eigenvalue weighted by Crippen LogP contribution is -1.77. The molecule has 0 saturated carbocycles. The summed E-state index contributed by atoms with van der Waals surface area (Å²) >= 11 is 0. The summed E-state index contributed by atoms with van der Waals surface area (Å²) < 4.78 is 0. The zero-order chi connectivity index (χ0) is 9.80. The van der Waals surface area contributed by atoms with Gasteiger partial charge >= 0.3 is 0 Å². The smallest absolute Gasteiger partial charge is 0.0867 e. The standard InChI is InChI=1S/C12H12N2/c1-10-6-4-5-9-13-11-7-2-3-8-12(11)14-10/h2-9,13H,1H3. The second-order valence-electron chi connectivity index (χ2n) is 3.13. The van der Waals surface area contributed by atoms with Crippen molar-refractivity contribution in [1.82, 2.24) is 9.97 Å². The predicted octanol–water partition coefficient (Wildman–Crippen LogP) is 3.00. The average molecular weight is 184 g/mol. The van der Waals surface area contributed by atoms with E-state index in [-0.39, 0.29) is 0 Å². The molecule has 2 rings (SSSR count). The lowest BCUT2D eigenvalue weighted by Gasteiger charge is -1.91. The second-order valence-corrected chi connectivity index (χ2v) is 3.13. The second kappa shape index (κ2) is 3.92. The van der Waals surface area contributed by atoms with E-state index in [1.54, 1.807) is 0 Å². The third-order valence-corrected chi connectivity index (χ3v) is 1.98. The zero-order valence-corrected chi connectivity index (χ0v) is 8.07. The van der Waals surface area contributed by atoms with Crippen LogP contribution >= 0.6 is 0 Å². The third kappa shape index (κ3) is 1.91. The van der Waals surface area contributed by atoms with Gasteiger partial charge in [0.25, 0.3) is 0 Å². The summed E-state index contributed by atoms with van der Waals surface area (Å²) in [5.41, 5.74) is 3.01. The van der Waals surface area contributed by atoms with Crippen LogP contribution in [0.2, 0.25) is 0 Å². The number of nitrogens with one attached hydrogen (secondary N) is 1. The van der Waals surface area contributed by atoms with Crippen molar-refractivity contribution >= 4 is 11.0 Å². The summed E-state index contributed by atoms with van der Waals surface area (Å²) in [5.74, 6) is 0. The fraction of sp³-hybridized carbons (Fsp3) is 0.0833. The highest BCUT2D eigenvalue weighted by atomic mass is 14.7. The van der Waals surface area contributed by atoms with Crippen LogP contribution in [0.15, 0.2) is 48.7 Å². The molecule has 1 aromatic heterocycles. The molecule has 0 aliphatic rings. The Kier molecular flexibility index (Phi) is 2.45. The molecule has 1 aromatic carbocycles. The molecule has 1 N–H and O–H groups in total. The van der Waals surface area contributed by atoms with E-state index >= 15 is 0 Å². The van der Waals surface area contributed by atoms with Crippen LogP contribution in [0.1, 0.15) is 5.69 Å². The van der Waals surface area contributed by atoms with E-state index in [4.69, 9.17) is 0 Å². The maximum Gasteiger partial charge on any atom is 0.0867 e. The molecular formula is C12H12N2. The van der Waals surface area contributed by atoms with Crippen LogP contribution in [0.25, 0.3) is 11.0 Å². The Hall–Kier alpha value is -1.83. The normalized spacial score (nSPS) is 9.79. The van der Waals surface area contributed by atoms with Gasteiger partial charge in [-0.15, -0.1) is 0 Å². The first-order valence-electron chi connectivity index (χ1n) is 4.60. The van der Waals surface area contributed by atoms with Crippen molar-refractivity contribution < 1.29 is 0 Å². The number of aryl methyl sites for hydroxylation is 1. The molecule has 0 amide bonds. The Bertz CT molecular complexity index is 484. The number of aromatic amines is 1. The lowest BCUT2D eigenvalue weighted by molar-refractivity contribution is 1.26. The van der Waals surface area contributed by atoms with Crippen molar-refractivity contribution in [2.24, 2.45) is 0 Å². The monoisotopic (exact) mass is 184 g/mol. The molecule has 0 aliphatic carbocycles. The van der Waals surface area contributed by atoms with Gasteiger partial charge in [0.15, 0.2) is 0 Å². The third-order valence-electron chi connectivity index (χ3n) is 1.98. The van der Waals surface area contributed by atoms with E-state index in [0.29, 0.717) is 0 Å². The Morgan fingerprint density at radius 3 is 2.71 bits per heavy atom. The highest BCUT2D eigenvalue weighted by molar-refractivity contribution is 5.72. The minimum absolute atomic E-state index is 0.973. The lowest BCUT2D eigenvalue weighted by atomic mass is 10.3. The Labute approximate surface area is 82.9 Å². The summed E-state index contributed by atoms with van der Waals surface area (Å²) in [7, 11) is 0. The number of fused-ring (bicyclic) bond motifs is 1. The largest absolute Gasteiger partial charge is 0.360 e. The first-order valence-corrected chi connectivity index (χ1v) is 4.60. The number of rotatable bonds is 0. The average Bonchev–Trinajstić information content (AvgIpc) is 2.27. The molecule has 0 aliphatic heterocycles. The van der Waals surface area contributed by atoms with Gasteiger partial charge in [-0.25, -0.2) is 0 Å². The summed E-state index contributed by atoms with van der Waals surface area (Å²) in [6, 6.07) is 13.9. The van der Waals surface area contributed by atoms with Gasteiger partial charge in [-0.1, -0.05) is 18.2 Å².